The van der Waals surface area contributed by atoms with Gasteiger partial charge in [0.15, 0.2) is 0 Å². The van der Waals surface area contributed by atoms with Crippen LogP contribution < -0.4 is 11.1 Å². The maximum Gasteiger partial charge on any atom is 0.107 e. The first-order valence-corrected chi connectivity index (χ1v) is 5.37. The second-order valence-electron chi connectivity index (χ2n) is 3.31. The normalized spacial score (nSPS) is 13.2. The van der Waals surface area contributed by atoms with Gasteiger partial charge in [-0.25, -0.2) is 4.98 Å². The molecule has 0 spiro atoms. The number of nitrogens with zero attached hydrogens (tertiary/aromatic N) is 1. The molecule has 0 saturated heterocycles. The van der Waals surface area contributed by atoms with Crippen LogP contribution in [0.4, 0.5) is 0 Å². The monoisotopic (exact) mass is 199 g/mol. The van der Waals surface area contributed by atoms with E-state index < -0.39 is 0 Å². The summed E-state index contributed by atoms with van der Waals surface area (Å²) in [4.78, 5) is 5.52. The quantitative estimate of drug-likeness (QED) is 0.702. The van der Waals surface area contributed by atoms with Gasteiger partial charge in [0.1, 0.15) is 5.01 Å². The van der Waals surface area contributed by atoms with Gasteiger partial charge in [0, 0.05) is 23.7 Å². The first-order chi connectivity index (χ1) is 6.18. The molecule has 0 fully saturated rings. The Labute approximate surface area is 83.4 Å². The van der Waals surface area contributed by atoms with Crippen molar-refractivity contribution in [3.8, 4) is 0 Å². The lowest BCUT2D eigenvalue weighted by molar-refractivity contribution is 0.588. The molecule has 3 nitrogen and oxygen atoms in total. The molecule has 1 atom stereocenters. The molecule has 0 aliphatic rings. The summed E-state index contributed by atoms with van der Waals surface area (Å²) in [6.07, 6.45) is 2.93. The van der Waals surface area contributed by atoms with Gasteiger partial charge >= 0.3 is 0 Å². The molecule has 1 aromatic heterocycles. The number of hydrogen-bond acceptors (Lipinski definition) is 4. The zero-order valence-electron chi connectivity index (χ0n) is 8.21. The van der Waals surface area contributed by atoms with Crippen molar-refractivity contribution in [1.82, 2.24) is 10.3 Å². The molecule has 1 rings (SSSR count). The van der Waals surface area contributed by atoms with Gasteiger partial charge in [-0.1, -0.05) is 0 Å². The number of aryl methyl sites for hydroxylation is 1. The molecule has 0 bridgehead atoms. The van der Waals surface area contributed by atoms with Crippen LogP contribution in [-0.2, 0) is 6.54 Å². The fourth-order valence-corrected chi connectivity index (χ4v) is 1.76. The molecular weight excluding hydrogens is 182 g/mol. The van der Waals surface area contributed by atoms with E-state index in [1.165, 1.54) is 4.88 Å². The van der Waals surface area contributed by atoms with Gasteiger partial charge < -0.3 is 11.1 Å². The molecule has 0 aromatic carbocycles. The van der Waals surface area contributed by atoms with Crippen LogP contribution >= 0.6 is 11.3 Å². The van der Waals surface area contributed by atoms with E-state index in [1.54, 1.807) is 11.3 Å². The summed E-state index contributed by atoms with van der Waals surface area (Å²) in [5.41, 5.74) is 5.62. The Balaban J connectivity index is 2.13. The number of thiazole rings is 1. The molecule has 13 heavy (non-hydrogen) atoms. The van der Waals surface area contributed by atoms with E-state index >= 15 is 0 Å². The van der Waals surface area contributed by atoms with E-state index in [0.717, 1.165) is 24.5 Å². The molecule has 0 radical (unpaired) electrons. The Bertz CT molecular complexity index is 245. The molecule has 74 valence electrons. The van der Waals surface area contributed by atoms with Crippen molar-refractivity contribution < 1.29 is 0 Å². The molecule has 0 amide bonds. The van der Waals surface area contributed by atoms with E-state index in [0.29, 0.717) is 0 Å². The van der Waals surface area contributed by atoms with Crippen molar-refractivity contribution >= 4 is 11.3 Å². The van der Waals surface area contributed by atoms with Crippen molar-refractivity contribution in [3.63, 3.8) is 0 Å². The van der Waals surface area contributed by atoms with Gasteiger partial charge in [0.05, 0.1) is 0 Å². The lowest BCUT2D eigenvalue weighted by Crippen LogP contribution is -2.23. The third-order valence-corrected chi connectivity index (χ3v) is 2.63. The van der Waals surface area contributed by atoms with E-state index in [4.69, 9.17) is 5.73 Å². The van der Waals surface area contributed by atoms with Gasteiger partial charge in [-0.2, -0.15) is 0 Å². The predicted octanol–water partition coefficient (Wildman–Crippen LogP) is 1.28. The van der Waals surface area contributed by atoms with E-state index in [9.17, 15) is 0 Å². The molecule has 0 aliphatic heterocycles. The largest absolute Gasteiger partial charge is 0.328 e. The molecule has 1 aromatic rings. The Kier molecular flexibility index (Phi) is 4.35. The third kappa shape index (κ3) is 4.36. The zero-order chi connectivity index (χ0) is 9.68. The summed E-state index contributed by atoms with van der Waals surface area (Å²) in [7, 11) is 0. The van der Waals surface area contributed by atoms with E-state index in [2.05, 4.69) is 17.2 Å². The van der Waals surface area contributed by atoms with E-state index in [1.807, 2.05) is 13.1 Å². The standard InChI is InChI=1S/C9H17N3S/c1-7(10)3-4-11-6-9-12-5-8(2)13-9/h5,7,11H,3-4,6,10H2,1-2H3. The highest BCUT2D eigenvalue weighted by Crippen LogP contribution is 2.10. The van der Waals surface area contributed by atoms with Gasteiger partial charge in [-0.05, 0) is 26.8 Å². The van der Waals surface area contributed by atoms with Gasteiger partial charge in [-0.3, -0.25) is 0 Å². The highest BCUT2D eigenvalue weighted by atomic mass is 32.1. The highest BCUT2D eigenvalue weighted by molar-refractivity contribution is 7.11. The molecule has 1 unspecified atom stereocenters. The minimum absolute atomic E-state index is 0.283. The van der Waals surface area contributed by atoms with Gasteiger partial charge in [-0.15, -0.1) is 11.3 Å². The second-order valence-corrected chi connectivity index (χ2v) is 4.63. The molecule has 4 heteroatoms. The first-order valence-electron chi connectivity index (χ1n) is 4.56. The molecule has 3 N–H and O–H groups in total. The fourth-order valence-electron chi connectivity index (χ4n) is 1.01. The van der Waals surface area contributed by atoms with Crippen molar-refractivity contribution in [3.05, 3.63) is 16.1 Å². The van der Waals surface area contributed by atoms with Crippen LogP contribution in [-0.4, -0.2) is 17.6 Å². The van der Waals surface area contributed by atoms with Crippen molar-refractivity contribution in [2.45, 2.75) is 32.9 Å². The van der Waals surface area contributed by atoms with Crippen molar-refractivity contribution in [2.75, 3.05) is 6.54 Å². The smallest absolute Gasteiger partial charge is 0.107 e. The lowest BCUT2D eigenvalue weighted by atomic mass is 10.2. The lowest BCUT2D eigenvalue weighted by Gasteiger charge is -2.04. The Morgan fingerprint density at radius 3 is 3.00 bits per heavy atom. The summed E-state index contributed by atoms with van der Waals surface area (Å²) in [6.45, 7) is 5.93. The molecule has 1 heterocycles. The number of rotatable bonds is 5. The minimum atomic E-state index is 0.283. The minimum Gasteiger partial charge on any atom is -0.328 e. The Morgan fingerprint density at radius 1 is 1.69 bits per heavy atom. The zero-order valence-corrected chi connectivity index (χ0v) is 9.03. The number of nitrogens with two attached hydrogens (primary N) is 1. The van der Waals surface area contributed by atoms with E-state index in [-0.39, 0.29) is 6.04 Å². The van der Waals surface area contributed by atoms with Gasteiger partial charge in [0.2, 0.25) is 0 Å². The number of nitrogens with one attached hydrogen (secondary N) is 1. The maximum absolute atomic E-state index is 5.62. The topological polar surface area (TPSA) is 50.9 Å². The SMILES string of the molecule is Cc1cnc(CNCCC(C)N)s1. The second kappa shape index (κ2) is 5.32. The van der Waals surface area contributed by atoms with Gasteiger partial charge in [0.25, 0.3) is 0 Å². The highest BCUT2D eigenvalue weighted by Gasteiger charge is 1.98. The van der Waals surface area contributed by atoms with Crippen molar-refractivity contribution in [2.24, 2.45) is 5.73 Å². The number of hydrogen-bond donors (Lipinski definition) is 2. The summed E-state index contributed by atoms with van der Waals surface area (Å²) >= 11 is 1.74. The van der Waals surface area contributed by atoms with Crippen LogP contribution in [0.1, 0.15) is 23.2 Å². The fraction of sp³-hybridized carbons (Fsp3) is 0.667. The molecule has 0 aliphatic carbocycles. The summed E-state index contributed by atoms with van der Waals surface area (Å²) in [5, 5.41) is 4.47. The third-order valence-electron chi connectivity index (χ3n) is 1.72. The summed E-state index contributed by atoms with van der Waals surface area (Å²) in [5.74, 6) is 0. The van der Waals surface area contributed by atoms with Crippen LogP contribution in [0.5, 0.6) is 0 Å². The van der Waals surface area contributed by atoms with Crippen LogP contribution in [0, 0.1) is 6.92 Å². The first kappa shape index (κ1) is 10.6. The average Bonchev–Trinajstić information content (AvgIpc) is 2.45. The van der Waals surface area contributed by atoms with Crippen LogP contribution in [0.25, 0.3) is 0 Å². The number of aromatic nitrogens is 1. The van der Waals surface area contributed by atoms with Crippen molar-refractivity contribution in [1.29, 1.82) is 0 Å². The summed E-state index contributed by atoms with van der Waals surface area (Å²) in [6, 6.07) is 0.283. The van der Waals surface area contributed by atoms with Crippen LogP contribution in [0.3, 0.4) is 0 Å². The van der Waals surface area contributed by atoms with Crippen LogP contribution in [0.2, 0.25) is 0 Å². The maximum atomic E-state index is 5.62. The summed E-state index contributed by atoms with van der Waals surface area (Å²) < 4.78 is 0. The Morgan fingerprint density at radius 2 is 2.46 bits per heavy atom. The average molecular weight is 199 g/mol. The molecule has 0 saturated carbocycles. The molecular formula is C9H17N3S. The van der Waals surface area contributed by atoms with Crippen LogP contribution in [0.15, 0.2) is 6.20 Å². The predicted molar refractivity (Wildman–Crippen MR) is 56.8 cm³/mol. The Hall–Kier alpha value is -0.450.